The highest BCUT2D eigenvalue weighted by molar-refractivity contribution is 5.87. The lowest BCUT2D eigenvalue weighted by molar-refractivity contribution is -0.141. The molecule has 0 aliphatic carbocycles. The Morgan fingerprint density at radius 2 is 1.91 bits per heavy atom. The minimum Gasteiger partial charge on any atom is -0.350 e. The van der Waals surface area contributed by atoms with E-state index in [1.54, 1.807) is 11.8 Å². The lowest BCUT2D eigenvalue weighted by Crippen LogP contribution is -2.52. The third kappa shape index (κ3) is 6.43. The van der Waals surface area contributed by atoms with Crippen LogP contribution in [0.5, 0.6) is 0 Å². The van der Waals surface area contributed by atoms with Gasteiger partial charge in [0.05, 0.1) is 0 Å². The van der Waals surface area contributed by atoms with Gasteiger partial charge >= 0.3 is 0 Å². The molecule has 0 saturated heterocycles. The first kappa shape index (κ1) is 19.2. The quantitative estimate of drug-likeness (QED) is 0.873. The van der Waals surface area contributed by atoms with Crippen LogP contribution in [0.3, 0.4) is 0 Å². The van der Waals surface area contributed by atoms with Gasteiger partial charge in [-0.05, 0) is 46.6 Å². The summed E-state index contributed by atoms with van der Waals surface area (Å²) in [6, 6.07) is 7.56. The minimum atomic E-state index is -0.492. The van der Waals surface area contributed by atoms with Gasteiger partial charge in [-0.1, -0.05) is 36.8 Å². The lowest BCUT2D eigenvalue weighted by Gasteiger charge is -2.31. The van der Waals surface area contributed by atoms with E-state index in [4.69, 9.17) is 0 Å². The van der Waals surface area contributed by atoms with Gasteiger partial charge < -0.3 is 10.2 Å². The average Bonchev–Trinajstić information content (AvgIpc) is 2.42. The van der Waals surface area contributed by atoms with Crippen molar-refractivity contribution in [2.45, 2.75) is 72.5 Å². The highest BCUT2D eigenvalue weighted by atomic mass is 16.2. The minimum absolute atomic E-state index is 0.0190. The second kappa shape index (κ2) is 8.14. The summed E-state index contributed by atoms with van der Waals surface area (Å²) >= 11 is 0. The molecule has 0 saturated carbocycles. The molecule has 1 aromatic carbocycles. The zero-order valence-electron chi connectivity index (χ0n) is 15.3. The second-order valence-electron chi connectivity index (χ2n) is 7.18. The molecule has 128 valence electrons. The highest BCUT2D eigenvalue weighted by Crippen LogP contribution is 2.14. The Labute approximate surface area is 140 Å². The molecule has 0 aliphatic heterocycles. The molecule has 2 amide bonds. The van der Waals surface area contributed by atoms with Crippen LogP contribution in [-0.2, 0) is 16.1 Å². The zero-order chi connectivity index (χ0) is 17.6. The first-order valence-corrected chi connectivity index (χ1v) is 8.31. The number of nitrogens with zero attached hydrogens (tertiary/aromatic N) is 1. The predicted molar refractivity (Wildman–Crippen MR) is 94.0 cm³/mol. The number of nitrogens with one attached hydrogen (secondary N) is 1. The number of carbonyl (C=O) groups excluding carboxylic acids is 2. The maximum atomic E-state index is 12.5. The molecule has 0 radical (unpaired) electrons. The van der Waals surface area contributed by atoms with Gasteiger partial charge in [0.15, 0.2) is 0 Å². The maximum Gasteiger partial charge on any atom is 0.242 e. The van der Waals surface area contributed by atoms with E-state index in [1.165, 1.54) is 0 Å². The van der Waals surface area contributed by atoms with Gasteiger partial charge in [0.1, 0.15) is 6.04 Å². The molecule has 0 unspecified atom stereocenters. The van der Waals surface area contributed by atoms with Crippen LogP contribution in [0.4, 0.5) is 0 Å². The molecule has 0 heterocycles. The Hall–Kier alpha value is -1.84. The molecule has 1 aromatic rings. The molecule has 0 fully saturated rings. The van der Waals surface area contributed by atoms with Crippen LogP contribution in [0.1, 0.15) is 58.6 Å². The molecule has 0 aromatic heterocycles. The Balaban J connectivity index is 2.95. The van der Waals surface area contributed by atoms with Crippen LogP contribution >= 0.6 is 0 Å². The summed E-state index contributed by atoms with van der Waals surface area (Å²) in [5, 5.41) is 2.96. The number of carbonyl (C=O) groups is 2. The third-order valence-electron chi connectivity index (χ3n) is 3.56. The summed E-state index contributed by atoms with van der Waals surface area (Å²) in [6.07, 6.45) is 1.23. The number of benzene rings is 1. The van der Waals surface area contributed by atoms with E-state index in [0.717, 1.165) is 17.5 Å². The summed E-state index contributed by atoms with van der Waals surface area (Å²) in [7, 11) is 0. The van der Waals surface area contributed by atoms with Crippen LogP contribution in [0.2, 0.25) is 0 Å². The Morgan fingerprint density at radius 1 is 1.26 bits per heavy atom. The normalized spacial score (nSPS) is 12.6. The van der Waals surface area contributed by atoms with Crippen LogP contribution in [0, 0.1) is 6.92 Å². The number of aryl methyl sites for hydroxylation is 1. The van der Waals surface area contributed by atoms with Crippen molar-refractivity contribution in [2.75, 3.05) is 0 Å². The van der Waals surface area contributed by atoms with E-state index in [1.807, 2.05) is 52.8 Å². The molecule has 0 bridgehead atoms. The number of hydrogen-bond acceptors (Lipinski definition) is 2. The summed E-state index contributed by atoms with van der Waals surface area (Å²) < 4.78 is 0. The van der Waals surface area contributed by atoms with Gasteiger partial charge in [-0.2, -0.15) is 0 Å². The van der Waals surface area contributed by atoms with Crippen molar-refractivity contribution in [1.29, 1.82) is 0 Å². The molecule has 1 N–H and O–H groups in total. The van der Waals surface area contributed by atoms with Crippen molar-refractivity contribution in [1.82, 2.24) is 10.2 Å². The highest BCUT2D eigenvalue weighted by Gasteiger charge is 2.27. The Bertz CT molecular complexity index is 547. The number of hydrogen-bond donors (Lipinski definition) is 1. The zero-order valence-corrected chi connectivity index (χ0v) is 15.3. The summed E-state index contributed by atoms with van der Waals surface area (Å²) in [4.78, 5) is 26.6. The van der Waals surface area contributed by atoms with Gasteiger partial charge in [-0.25, -0.2) is 0 Å². The van der Waals surface area contributed by atoms with E-state index in [0.29, 0.717) is 13.0 Å². The van der Waals surface area contributed by atoms with Gasteiger partial charge in [-0.15, -0.1) is 0 Å². The fourth-order valence-corrected chi connectivity index (χ4v) is 2.42. The van der Waals surface area contributed by atoms with Crippen LogP contribution < -0.4 is 5.32 Å². The van der Waals surface area contributed by atoms with Crippen molar-refractivity contribution in [3.63, 3.8) is 0 Å². The van der Waals surface area contributed by atoms with E-state index < -0.39 is 6.04 Å². The summed E-state index contributed by atoms with van der Waals surface area (Å²) in [5.74, 6) is -0.0971. The second-order valence-corrected chi connectivity index (χ2v) is 7.18. The number of amides is 2. The first-order valence-electron chi connectivity index (χ1n) is 8.31. The largest absolute Gasteiger partial charge is 0.350 e. The molecule has 0 aliphatic rings. The van der Waals surface area contributed by atoms with Gasteiger partial charge in [0.25, 0.3) is 0 Å². The fourth-order valence-electron chi connectivity index (χ4n) is 2.42. The van der Waals surface area contributed by atoms with Crippen molar-refractivity contribution in [2.24, 2.45) is 0 Å². The topological polar surface area (TPSA) is 49.4 Å². The SMILES string of the molecule is CCCC(=O)N(Cc1cccc(C)c1)[C@H](C)C(=O)NC(C)(C)C. The molecule has 23 heavy (non-hydrogen) atoms. The molecule has 1 atom stereocenters. The standard InChI is InChI=1S/C19H30N2O2/c1-7-9-17(22)21(13-16-11-8-10-14(2)12-16)15(3)18(23)20-19(4,5)6/h8,10-12,15H,7,9,13H2,1-6H3,(H,20,23)/t15-/m1/s1. The van der Waals surface area contributed by atoms with Crippen molar-refractivity contribution < 1.29 is 9.59 Å². The van der Waals surface area contributed by atoms with Crippen LogP contribution in [0.15, 0.2) is 24.3 Å². The average molecular weight is 318 g/mol. The maximum absolute atomic E-state index is 12.5. The molecule has 1 rings (SSSR count). The van der Waals surface area contributed by atoms with Crippen LogP contribution in [-0.4, -0.2) is 28.3 Å². The number of rotatable bonds is 6. The van der Waals surface area contributed by atoms with Crippen LogP contribution in [0.25, 0.3) is 0 Å². The van der Waals surface area contributed by atoms with E-state index >= 15 is 0 Å². The van der Waals surface area contributed by atoms with Crippen molar-refractivity contribution in [3.05, 3.63) is 35.4 Å². The van der Waals surface area contributed by atoms with E-state index in [-0.39, 0.29) is 17.4 Å². The first-order chi connectivity index (χ1) is 10.6. The summed E-state index contributed by atoms with van der Waals surface area (Å²) in [6.45, 7) is 12.1. The Morgan fingerprint density at radius 3 is 2.43 bits per heavy atom. The third-order valence-corrected chi connectivity index (χ3v) is 3.56. The molecular formula is C19H30N2O2. The Kier molecular flexibility index (Phi) is 6.79. The lowest BCUT2D eigenvalue weighted by atomic mass is 10.1. The molecule has 4 nitrogen and oxygen atoms in total. The van der Waals surface area contributed by atoms with E-state index in [9.17, 15) is 9.59 Å². The van der Waals surface area contributed by atoms with Crippen molar-refractivity contribution in [3.8, 4) is 0 Å². The molecule has 0 spiro atoms. The molecular weight excluding hydrogens is 288 g/mol. The van der Waals surface area contributed by atoms with Gasteiger partial charge in [0, 0.05) is 18.5 Å². The summed E-state index contributed by atoms with van der Waals surface area (Å²) in [5.41, 5.74) is 1.88. The van der Waals surface area contributed by atoms with E-state index in [2.05, 4.69) is 11.4 Å². The monoisotopic (exact) mass is 318 g/mol. The fraction of sp³-hybridized carbons (Fsp3) is 0.579. The van der Waals surface area contributed by atoms with Gasteiger partial charge in [-0.3, -0.25) is 9.59 Å². The molecule has 4 heteroatoms. The smallest absolute Gasteiger partial charge is 0.242 e. The van der Waals surface area contributed by atoms with Crippen molar-refractivity contribution >= 4 is 11.8 Å². The predicted octanol–water partition coefficient (Wildman–Crippen LogP) is 3.43. The van der Waals surface area contributed by atoms with Gasteiger partial charge in [0.2, 0.25) is 11.8 Å².